The minimum absolute atomic E-state index is 0.0000463. The smallest absolute Gasteiger partial charge is 0.130 e. The average Bonchev–Trinajstić information content (AvgIpc) is 2.06. The molecule has 0 N–H and O–H groups in total. The number of rotatable bonds is 3. The van der Waals surface area contributed by atoms with Gasteiger partial charge in [0.15, 0.2) is 0 Å². The molecule has 61 valence electrons. The van der Waals surface area contributed by atoms with Gasteiger partial charge in [-0.2, -0.15) is 0 Å². The van der Waals surface area contributed by atoms with Crippen LogP contribution in [0, 0.1) is 31.8 Å². The standard InChI is InChI=1S/C9H13O2/c1-3-11-9-7-5-4-6-8(9)10-2/h4-8H,3H2,1-2H3/t8-/m0/s1. The van der Waals surface area contributed by atoms with Crippen LogP contribution >= 0.6 is 0 Å². The zero-order valence-corrected chi connectivity index (χ0v) is 6.91. The van der Waals surface area contributed by atoms with Crippen molar-refractivity contribution in [3.8, 4) is 0 Å². The minimum atomic E-state index is -0.0000463. The predicted molar refractivity (Wildman–Crippen MR) is 42.9 cm³/mol. The second kappa shape index (κ2) is 4.73. The first-order chi connectivity index (χ1) is 5.38. The van der Waals surface area contributed by atoms with E-state index in [1.54, 1.807) is 7.11 Å². The Kier molecular flexibility index (Phi) is 3.87. The van der Waals surface area contributed by atoms with Crippen molar-refractivity contribution >= 4 is 0 Å². The fourth-order valence-corrected chi connectivity index (χ4v) is 0.997. The van der Waals surface area contributed by atoms with Gasteiger partial charge in [-0.25, -0.2) is 0 Å². The topological polar surface area (TPSA) is 18.5 Å². The number of ether oxygens (including phenoxy) is 2. The van der Waals surface area contributed by atoms with E-state index < -0.39 is 0 Å². The lowest BCUT2D eigenvalue weighted by Gasteiger charge is -2.27. The minimum Gasteiger partial charge on any atom is -0.378 e. The monoisotopic (exact) mass is 153 g/mol. The molecule has 0 aromatic carbocycles. The van der Waals surface area contributed by atoms with Crippen LogP contribution in [0.1, 0.15) is 6.92 Å². The number of methoxy groups -OCH3 is 1. The van der Waals surface area contributed by atoms with Gasteiger partial charge >= 0.3 is 0 Å². The molecule has 0 aliphatic heterocycles. The lowest BCUT2D eigenvalue weighted by Crippen LogP contribution is -2.28. The highest BCUT2D eigenvalue weighted by Crippen LogP contribution is 2.26. The normalized spacial score (nSPS) is 27.3. The molecule has 1 aliphatic carbocycles. The van der Waals surface area contributed by atoms with Gasteiger partial charge in [0.2, 0.25) is 0 Å². The summed E-state index contributed by atoms with van der Waals surface area (Å²) < 4.78 is 10.5. The maximum Gasteiger partial charge on any atom is 0.130 e. The Bertz CT molecular complexity index is 102. The lowest BCUT2D eigenvalue weighted by atomic mass is 9.95. The fraction of sp³-hybridized carbons (Fsp3) is 0.444. The van der Waals surface area contributed by atoms with E-state index in [4.69, 9.17) is 9.47 Å². The lowest BCUT2D eigenvalue weighted by molar-refractivity contribution is 0.0435. The highest BCUT2D eigenvalue weighted by Gasteiger charge is 2.26. The first kappa shape index (κ1) is 9.01. The van der Waals surface area contributed by atoms with Crippen LogP contribution in [0.2, 0.25) is 0 Å². The SMILES string of the molecule is CCO[C]1[CH][CH][CH][CH][C@@H]1OC. The highest BCUT2D eigenvalue weighted by molar-refractivity contribution is 5.26. The van der Waals surface area contributed by atoms with Crippen LogP contribution in [0.3, 0.4) is 0 Å². The molecule has 0 bridgehead atoms. The first-order valence-corrected chi connectivity index (χ1v) is 3.75. The molecule has 0 aromatic rings. The second-order valence-corrected chi connectivity index (χ2v) is 2.24. The van der Waals surface area contributed by atoms with Crippen LogP contribution in [-0.4, -0.2) is 19.8 Å². The Morgan fingerprint density at radius 1 is 1.45 bits per heavy atom. The molecule has 0 unspecified atom stereocenters. The summed E-state index contributed by atoms with van der Waals surface area (Å²) in [6.07, 6.45) is 8.68. The van der Waals surface area contributed by atoms with E-state index in [2.05, 4.69) is 0 Å². The maximum atomic E-state index is 5.34. The molecule has 1 fully saturated rings. The molecule has 1 rings (SSSR count). The van der Waals surface area contributed by atoms with Crippen molar-refractivity contribution < 1.29 is 9.47 Å². The molecule has 2 heteroatoms. The van der Waals surface area contributed by atoms with Crippen molar-refractivity contribution in [2.75, 3.05) is 13.7 Å². The summed E-state index contributed by atoms with van der Waals surface area (Å²) in [6, 6.07) is 0. The quantitative estimate of drug-likeness (QED) is 0.610. The molecule has 2 nitrogen and oxygen atoms in total. The summed E-state index contributed by atoms with van der Waals surface area (Å²) >= 11 is 0. The van der Waals surface area contributed by atoms with E-state index in [9.17, 15) is 0 Å². The molecular formula is C9H13O2. The van der Waals surface area contributed by atoms with Crippen molar-refractivity contribution in [2.45, 2.75) is 13.0 Å². The van der Waals surface area contributed by atoms with Gasteiger partial charge in [-0.1, -0.05) is 0 Å². The van der Waals surface area contributed by atoms with Crippen molar-refractivity contribution in [1.29, 1.82) is 0 Å². The molecule has 5 radical (unpaired) electrons. The third-order valence-electron chi connectivity index (χ3n) is 1.50. The van der Waals surface area contributed by atoms with Crippen molar-refractivity contribution in [3.05, 3.63) is 31.8 Å². The number of hydrogen-bond donors (Lipinski definition) is 0. The largest absolute Gasteiger partial charge is 0.378 e. The molecule has 0 saturated heterocycles. The van der Waals surface area contributed by atoms with Crippen LogP contribution in [-0.2, 0) is 9.47 Å². The summed E-state index contributed by atoms with van der Waals surface area (Å²) in [6.45, 7) is 2.65. The molecule has 1 saturated carbocycles. The summed E-state index contributed by atoms with van der Waals surface area (Å²) in [5.74, 6) is 0. The van der Waals surface area contributed by atoms with Crippen LogP contribution < -0.4 is 0 Å². The zero-order valence-electron chi connectivity index (χ0n) is 6.91. The predicted octanol–water partition coefficient (Wildman–Crippen LogP) is 1.40. The Labute approximate surface area is 68.9 Å². The Balaban J connectivity index is 2.31. The molecule has 0 heterocycles. The molecule has 0 amide bonds. The van der Waals surface area contributed by atoms with Crippen LogP contribution in [0.15, 0.2) is 0 Å². The zero-order chi connectivity index (χ0) is 8.10. The molecular weight excluding hydrogens is 140 g/mol. The Hall–Kier alpha value is -0.0800. The molecule has 1 atom stereocenters. The van der Waals surface area contributed by atoms with Crippen molar-refractivity contribution in [2.24, 2.45) is 0 Å². The fourth-order valence-electron chi connectivity index (χ4n) is 0.997. The third-order valence-corrected chi connectivity index (χ3v) is 1.50. The van der Waals surface area contributed by atoms with E-state index in [1.807, 2.05) is 32.6 Å². The Morgan fingerprint density at radius 2 is 2.27 bits per heavy atom. The average molecular weight is 153 g/mol. The van der Waals surface area contributed by atoms with E-state index in [-0.39, 0.29) is 6.10 Å². The van der Waals surface area contributed by atoms with Gasteiger partial charge in [0, 0.05) is 20.1 Å². The summed E-state index contributed by atoms with van der Waals surface area (Å²) in [5.41, 5.74) is 0. The first-order valence-electron chi connectivity index (χ1n) is 3.75. The summed E-state index contributed by atoms with van der Waals surface area (Å²) in [5, 5.41) is 0. The highest BCUT2D eigenvalue weighted by atomic mass is 16.5. The second-order valence-electron chi connectivity index (χ2n) is 2.24. The number of hydrogen-bond acceptors (Lipinski definition) is 2. The van der Waals surface area contributed by atoms with Gasteiger partial charge in [0.05, 0.1) is 6.10 Å². The van der Waals surface area contributed by atoms with Gasteiger partial charge in [-0.05, 0) is 26.2 Å². The molecule has 0 aromatic heterocycles. The van der Waals surface area contributed by atoms with Crippen LogP contribution in [0.4, 0.5) is 0 Å². The maximum absolute atomic E-state index is 5.34. The third kappa shape index (κ3) is 2.46. The van der Waals surface area contributed by atoms with Gasteiger partial charge in [0.1, 0.15) is 6.10 Å². The summed E-state index contributed by atoms with van der Waals surface area (Å²) in [4.78, 5) is 0. The van der Waals surface area contributed by atoms with Gasteiger partial charge < -0.3 is 9.47 Å². The van der Waals surface area contributed by atoms with Gasteiger partial charge in [-0.3, -0.25) is 0 Å². The van der Waals surface area contributed by atoms with Gasteiger partial charge in [0.25, 0.3) is 0 Å². The van der Waals surface area contributed by atoms with E-state index >= 15 is 0 Å². The van der Waals surface area contributed by atoms with Crippen LogP contribution in [0.25, 0.3) is 0 Å². The van der Waals surface area contributed by atoms with Crippen molar-refractivity contribution in [3.63, 3.8) is 0 Å². The molecule has 0 spiro atoms. The van der Waals surface area contributed by atoms with E-state index in [0.29, 0.717) is 6.61 Å². The molecule has 1 aliphatic rings. The van der Waals surface area contributed by atoms with E-state index in [1.165, 1.54) is 0 Å². The van der Waals surface area contributed by atoms with E-state index in [0.717, 1.165) is 6.10 Å². The van der Waals surface area contributed by atoms with Crippen LogP contribution in [0.5, 0.6) is 0 Å². The van der Waals surface area contributed by atoms with Gasteiger partial charge in [-0.15, -0.1) is 0 Å². The Morgan fingerprint density at radius 3 is 2.91 bits per heavy atom. The molecule has 11 heavy (non-hydrogen) atoms. The summed E-state index contributed by atoms with van der Waals surface area (Å²) in [7, 11) is 1.67. The van der Waals surface area contributed by atoms with Crippen molar-refractivity contribution in [1.82, 2.24) is 0 Å².